The second kappa shape index (κ2) is 14.9. The molecule has 0 aromatic heterocycles. The first-order valence-electron chi connectivity index (χ1n) is 11.9. The molecule has 0 saturated carbocycles. The van der Waals surface area contributed by atoms with Gasteiger partial charge in [-0.3, -0.25) is 0 Å². The first-order chi connectivity index (χ1) is 13.8. The lowest BCUT2D eigenvalue weighted by Crippen LogP contribution is -2.00. The monoisotopic (exact) mass is 413 g/mol. The van der Waals surface area contributed by atoms with Crippen molar-refractivity contribution < 1.29 is 4.43 Å². The van der Waals surface area contributed by atoms with Crippen LogP contribution in [0.3, 0.4) is 0 Å². The smallest absolute Gasteiger partial charge is 0.341 e. The van der Waals surface area contributed by atoms with Gasteiger partial charge in [-0.25, -0.2) is 0 Å². The second-order valence-electron chi connectivity index (χ2n) is 9.77. The van der Waals surface area contributed by atoms with Crippen molar-refractivity contribution >= 4 is 10.5 Å². The van der Waals surface area contributed by atoms with Crippen LogP contribution in [0.5, 0.6) is 5.75 Å². The summed E-state index contributed by atoms with van der Waals surface area (Å²) in [6.45, 7) is 14.0. The maximum Gasteiger partial charge on any atom is 0.341 e. The molecule has 0 aliphatic carbocycles. The maximum atomic E-state index is 5.33. The third kappa shape index (κ3) is 11.7. The summed E-state index contributed by atoms with van der Waals surface area (Å²) >= 11 is 0. The summed E-state index contributed by atoms with van der Waals surface area (Å²) < 4.78 is 5.33. The van der Waals surface area contributed by atoms with Crippen LogP contribution in [0.4, 0.5) is 0 Å². The number of rotatable bonds is 15. The molecule has 29 heavy (non-hydrogen) atoms. The van der Waals surface area contributed by atoms with Crippen LogP contribution in [0.15, 0.2) is 29.8 Å². The molecule has 0 saturated heterocycles. The van der Waals surface area contributed by atoms with Crippen LogP contribution in [0.2, 0.25) is 0 Å². The van der Waals surface area contributed by atoms with E-state index in [9.17, 15) is 0 Å². The molecule has 0 N–H and O–H groups in total. The quantitative estimate of drug-likeness (QED) is 0.207. The number of allylic oxidation sites excluding steroid dienone is 2. The minimum atomic E-state index is 0.857. The molecule has 0 bridgehead atoms. The summed E-state index contributed by atoms with van der Waals surface area (Å²) in [7, 11) is 3.18. The third-order valence-electron chi connectivity index (χ3n) is 6.27. The predicted molar refractivity (Wildman–Crippen MR) is 130 cm³/mol. The number of benzene rings is 1. The van der Waals surface area contributed by atoms with Gasteiger partial charge in [0.1, 0.15) is 5.75 Å². The fourth-order valence-corrected chi connectivity index (χ4v) is 4.31. The molecule has 3 radical (unpaired) electrons. The van der Waals surface area contributed by atoms with E-state index < -0.39 is 0 Å². The summed E-state index contributed by atoms with van der Waals surface area (Å²) in [5.74, 6) is 3.55. The van der Waals surface area contributed by atoms with Gasteiger partial charge >= 0.3 is 10.5 Å². The Bertz CT molecular complexity index is 590. The van der Waals surface area contributed by atoms with Gasteiger partial charge in [-0.2, -0.15) is 0 Å². The molecule has 1 nitrogen and oxygen atoms in total. The van der Waals surface area contributed by atoms with Crippen molar-refractivity contribution in [3.05, 3.63) is 41.0 Å². The van der Waals surface area contributed by atoms with Crippen LogP contribution < -0.4 is 4.43 Å². The Balaban J connectivity index is 2.22. The zero-order chi connectivity index (χ0) is 21.6. The molecule has 0 heterocycles. The van der Waals surface area contributed by atoms with Gasteiger partial charge in [-0.1, -0.05) is 96.4 Å². The van der Waals surface area contributed by atoms with Crippen LogP contribution in [-0.2, 0) is 6.42 Å². The van der Waals surface area contributed by atoms with Gasteiger partial charge < -0.3 is 4.43 Å². The highest BCUT2D eigenvalue weighted by Gasteiger charge is 2.07. The summed E-state index contributed by atoms with van der Waals surface area (Å²) in [4.78, 5) is 0. The molecular weight excluding hydrogens is 368 g/mol. The van der Waals surface area contributed by atoms with Crippen LogP contribution in [0, 0.1) is 24.7 Å². The molecular formula is C27H45OSi. The average Bonchev–Trinajstić information content (AvgIpc) is 2.66. The molecule has 1 aromatic carbocycles. The van der Waals surface area contributed by atoms with E-state index in [0.29, 0.717) is 0 Å². The molecule has 0 aliphatic heterocycles. The van der Waals surface area contributed by atoms with E-state index in [2.05, 4.69) is 64.2 Å². The van der Waals surface area contributed by atoms with Crippen molar-refractivity contribution in [2.45, 2.75) is 106 Å². The molecule has 0 amide bonds. The highest BCUT2D eigenvalue weighted by Crippen LogP contribution is 2.24. The van der Waals surface area contributed by atoms with Crippen LogP contribution >= 0.6 is 0 Å². The van der Waals surface area contributed by atoms with E-state index in [1.807, 2.05) is 12.1 Å². The molecule has 2 heteroatoms. The zero-order valence-electron chi connectivity index (χ0n) is 20.0. The molecule has 0 fully saturated rings. The fourth-order valence-electron chi connectivity index (χ4n) is 4.12. The Morgan fingerprint density at radius 2 is 1.52 bits per heavy atom. The van der Waals surface area contributed by atoms with E-state index in [1.165, 1.54) is 74.5 Å². The molecule has 1 aromatic rings. The topological polar surface area (TPSA) is 9.23 Å². The predicted octanol–water partition coefficient (Wildman–Crippen LogP) is 8.39. The summed E-state index contributed by atoms with van der Waals surface area (Å²) in [6, 6.07) is 6.21. The Morgan fingerprint density at radius 3 is 2.10 bits per heavy atom. The lowest BCUT2D eigenvalue weighted by Gasteiger charge is -2.15. The van der Waals surface area contributed by atoms with Gasteiger partial charge in [-0.15, -0.1) is 0 Å². The largest absolute Gasteiger partial charge is 0.540 e. The molecule has 163 valence electrons. The van der Waals surface area contributed by atoms with Crippen LogP contribution in [0.1, 0.15) is 104 Å². The molecule has 2 unspecified atom stereocenters. The van der Waals surface area contributed by atoms with Crippen molar-refractivity contribution in [2.75, 3.05) is 0 Å². The Kier molecular flexibility index (Phi) is 13.3. The lowest BCUT2D eigenvalue weighted by atomic mass is 9.91. The average molecular weight is 414 g/mol. The Hall–Kier alpha value is -1.02. The summed E-state index contributed by atoms with van der Waals surface area (Å²) in [5, 5.41) is 0. The van der Waals surface area contributed by atoms with Gasteiger partial charge in [0.05, 0.1) is 0 Å². The number of aryl methyl sites for hydroxylation is 1. The zero-order valence-corrected chi connectivity index (χ0v) is 21.0. The van der Waals surface area contributed by atoms with Crippen molar-refractivity contribution in [3.63, 3.8) is 0 Å². The lowest BCUT2D eigenvalue weighted by molar-refractivity contribution is 0.389. The minimum Gasteiger partial charge on any atom is -0.540 e. The Morgan fingerprint density at radius 1 is 0.931 bits per heavy atom. The van der Waals surface area contributed by atoms with E-state index in [1.54, 1.807) is 0 Å². The van der Waals surface area contributed by atoms with Crippen LogP contribution in [0.25, 0.3) is 0 Å². The SMILES string of the molecule is CC(=CCc1c(C)cccc1O[Si])CCCC(C)CCCC(C)CCCC(C)C. The van der Waals surface area contributed by atoms with Crippen molar-refractivity contribution in [1.29, 1.82) is 0 Å². The molecule has 0 spiro atoms. The van der Waals surface area contributed by atoms with Gasteiger partial charge in [0.25, 0.3) is 0 Å². The van der Waals surface area contributed by atoms with Gasteiger partial charge in [0.2, 0.25) is 0 Å². The highest BCUT2D eigenvalue weighted by molar-refractivity contribution is 6.00. The number of hydrogen-bond donors (Lipinski definition) is 0. The summed E-state index contributed by atoms with van der Waals surface area (Å²) in [5.41, 5.74) is 4.06. The second-order valence-corrected chi connectivity index (χ2v) is 9.97. The molecule has 0 aliphatic rings. The van der Waals surface area contributed by atoms with Crippen molar-refractivity contribution in [3.8, 4) is 5.75 Å². The minimum absolute atomic E-state index is 0.857. The third-order valence-corrected chi connectivity index (χ3v) is 6.49. The van der Waals surface area contributed by atoms with E-state index in [4.69, 9.17) is 4.43 Å². The first kappa shape index (κ1) is 26.0. The van der Waals surface area contributed by atoms with E-state index in [-0.39, 0.29) is 0 Å². The molecule has 2 atom stereocenters. The maximum absolute atomic E-state index is 5.33. The molecule has 1 rings (SSSR count). The summed E-state index contributed by atoms with van der Waals surface area (Å²) in [6.07, 6.45) is 15.6. The van der Waals surface area contributed by atoms with E-state index >= 15 is 0 Å². The first-order valence-corrected chi connectivity index (χ1v) is 12.3. The van der Waals surface area contributed by atoms with Crippen LogP contribution in [-0.4, -0.2) is 10.5 Å². The van der Waals surface area contributed by atoms with Gasteiger partial charge in [0.15, 0.2) is 0 Å². The fraction of sp³-hybridized carbons (Fsp3) is 0.704. The normalized spacial score (nSPS) is 14.3. The van der Waals surface area contributed by atoms with E-state index in [0.717, 1.165) is 29.9 Å². The van der Waals surface area contributed by atoms with Gasteiger partial charge in [-0.05, 0) is 68.1 Å². The highest BCUT2D eigenvalue weighted by atomic mass is 28.2. The Labute approximate surface area is 185 Å². The number of hydrogen-bond acceptors (Lipinski definition) is 1. The van der Waals surface area contributed by atoms with Crippen molar-refractivity contribution in [1.82, 2.24) is 0 Å². The van der Waals surface area contributed by atoms with Crippen molar-refractivity contribution in [2.24, 2.45) is 17.8 Å². The standard InChI is InChI=1S/C27H45OSi/c1-21(2)11-7-12-22(3)13-8-14-23(4)15-9-16-24(5)19-20-26-25(6)17-10-18-27(26)28-29/h10,17-19,21-23H,7-9,11-16,20H2,1-6H3. The van der Waals surface area contributed by atoms with Gasteiger partial charge in [0, 0.05) is 0 Å².